The first-order valence-corrected chi connectivity index (χ1v) is 5.65. The molecule has 6 nitrogen and oxygen atoms in total. The van der Waals surface area contributed by atoms with E-state index < -0.39 is 11.8 Å². The lowest BCUT2D eigenvalue weighted by Gasteiger charge is -2.09. The average Bonchev–Trinajstić information content (AvgIpc) is 2.38. The topological polar surface area (TPSA) is 104 Å². The Morgan fingerprint density at radius 2 is 2.06 bits per heavy atom. The number of aromatic hydroxyl groups is 1. The highest BCUT2D eigenvalue weighted by Crippen LogP contribution is 2.24. The van der Waals surface area contributed by atoms with Crippen molar-refractivity contribution in [2.45, 2.75) is 13.3 Å². The molecule has 0 fully saturated rings. The van der Waals surface area contributed by atoms with Crippen LogP contribution in [0.5, 0.6) is 5.75 Å². The quantitative estimate of drug-likeness (QED) is 0.551. The van der Waals surface area contributed by atoms with Crippen molar-refractivity contribution < 1.29 is 14.7 Å². The molecule has 2 amide bonds. The zero-order valence-electron chi connectivity index (χ0n) is 10.2. The van der Waals surface area contributed by atoms with Gasteiger partial charge in [0.25, 0.3) is 0 Å². The van der Waals surface area contributed by atoms with Gasteiger partial charge in [-0.3, -0.25) is 9.59 Å². The Hall–Kier alpha value is -2.08. The molecule has 1 aromatic rings. The highest BCUT2D eigenvalue weighted by atomic mass is 16.3. The Morgan fingerprint density at radius 3 is 2.67 bits per heavy atom. The van der Waals surface area contributed by atoms with E-state index in [1.807, 2.05) is 6.92 Å². The number of hydrogen-bond acceptors (Lipinski definition) is 4. The third-order valence-corrected chi connectivity index (χ3v) is 2.37. The van der Waals surface area contributed by atoms with E-state index in [2.05, 4.69) is 10.6 Å². The second kappa shape index (κ2) is 6.61. The Kier molecular flexibility index (Phi) is 5.13. The van der Waals surface area contributed by atoms with Crippen molar-refractivity contribution in [1.82, 2.24) is 5.32 Å². The van der Waals surface area contributed by atoms with Crippen LogP contribution in [-0.2, 0) is 16.0 Å². The van der Waals surface area contributed by atoms with Crippen molar-refractivity contribution in [1.29, 1.82) is 0 Å². The van der Waals surface area contributed by atoms with E-state index in [0.29, 0.717) is 5.69 Å². The van der Waals surface area contributed by atoms with Crippen LogP contribution in [0.4, 0.5) is 5.69 Å². The van der Waals surface area contributed by atoms with Gasteiger partial charge in [0, 0.05) is 0 Å². The maximum absolute atomic E-state index is 11.5. The third kappa shape index (κ3) is 4.06. The molecule has 0 aliphatic carbocycles. The SMILES string of the molecule is CCc1ccc(O)c(NC(=O)CNC(=O)CN)c1. The number of amides is 2. The van der Waals surface area contributed by atoms with Gasteiger partial charge in [-0.25, -0.2) is 0 Å². The van der Waals surface area contributed by atoms with Gasteiger partial charge in [0.05, 0.1) is 18.8 Å². The minimum atomic E-state index is -0.416. The van der Waals surface area contributed by atoms with Gasteiger partial charge in [0.2, 0.25) is 11.8 Å². The Labute approximate surface area is 105 Å². The van der Waals surface area contributed by atoms with E-state index >= 15 is 0 Å². The summed E-state index contributed by atoms with van der Waals surface area (Å²) < 4.78 is 0. The molecule has 98 valence electrons. The summed E-state index contributed by atoms with van der Waals surface area (Å²) in [6, 6.07) is 4.99. The highest BCUT2D eigenvalue weighted by molar-refractivity contribution is 5.95. The van der Waals surface area contributed by atoms with Crippen molar-refractivity contribution in [3.05, 3.63) is 23.8 Å². The number of hydrogen-bond donors (Lipinski definition) is 4. The molecule has 0 spiro atoms. The first-order valence-electron chi connectivity index (χ1n) is 5.65. The van der Waals surface area contributed by atoms with Crippen LogP contribution in [0.3, 0.4) is 0 Å². The number of benzene rings is 1. The van der Waals surface area contributed by atoms with E-state index in [9.17, 15) is 14.7 Å². The van der Waals surface area contributed by atoms with Gasteiger partial charge in [-0.1, -0.05) is 13.0 Å². The number of nitrogens with two attached hydrogens (primary N) is 1. The van der Waals surface area contributed by atoms with E-state index in [1.54, 1.807) is 12.1 Å². The lowest BCUT2D eigenvalue weighted by molar-refractivity contribution is -0.123. The molecule has 1 aromatic carbocycles. The molecule has 0 atom stereocenters. The van der Waals surface area contributed by atoms with Crippen LogP contribution < -0.4 is 16.4 Å². The molecule has 5 N–H and O–H groups in total. The molecule has 0 saturated carbocycles. The number of phenols is 1. The maximum atomic E-state index is 11.5. The number of rotatable bonds is 5. The largest absolute Gasteiger partial charge is 0.506 e. The molecular formula is C12H17N3O3. The predicted molar refractivity (Wildman–Crippen MR) is 68.2 cm³/mol. The molecule has 1 rings (SSSR count). The van der Waals surface area contributed by atoms with Crippen LogP contribution in [0, 0.1) is 0 Å². The highest BCUT2D eigenvalue weighted by Gasteiger charge is 2.08. The van der Waals surface area contributed by atoms with Gasteiger partial charge >= 0.3 is 0 Å². The summed E-state index contributed by atoms with van der Waals surface area (Å²) in [6.07, 6.45) is 0.799. The van der Waals surface area contributed by atoms with Crippen LogP contribution in [0.15, 0.2) is 18.2 Å². The van der Waals surface area contributed by atoms with Crippen molar-refractivity contribution >= 4 is 17.5 Å². The molecule has 0 bridgehead atoms. The second-order valence-corrected chi connectivity index (χ2v) is 3.73. The molecule has 0 heterocycles. The van der Waals surface area contributed by atoms with Crippen LogP contribution in [0.1, 0.15) is 12.5 Å². The Morgan fingerprint density at radius 1 is 1.33 bits per heavy atom. The molecular weight excluding hydrogens is 234 g/mol. The van der Waals surface area contributed by atoms with Gasteiger partial charge in [-0.05, 0) is 24.1 Å². The lowest BCUT2D eigenvalue weighted by atomic mass is 10.1. The summed E-state index contributed by atoms with van der Waals surface area (Å²) in [5.74, 6) is -0.831. The number of anilines is 1. The summed E-state index contributed by atoms with van der Waals surface area (Å²) in [6.45, 7) is 1.63. The molecule has 0 saturated heterocycles. The first-order chi connectivity index (χ1) is 8.56. The molecule has 0 aliphatic rings. The molecule has 0 radical (unpaired) electrons. The summed E-state index contributed by atoms with van der Waals surface area (Å²) in [4.78, 5) is 22.4. The fraction of sp³-hybridized carbons (Fsp3) is 0.333. The van der Waals surface area contributed by atoms with E-state index in [-0.39, 0.29) is 18.8 Å². The number of aryl methyl sites for hydroxylation is 1. The molecule has 0 unspecified atom stereocenters. The minimum Gasteiger partial charge on any atom is -0.506 e. The Balaban J connectivity index is 2.61. The summed E-state index contributed by atoms with van der Waals surface area (Å²) in [5, 5.41) is 14.4. The van der Waals surface area contributed by atoms with E-state index in [0.717, 1.165) is 12.0 Å². The minimum absolute atomic E-state index is 0.00861. The summed E-state index contributed by atoms with van der Waals surface area (Å²) >= 11 is 0. The maximum Gasteiger partial charge on any atom is 0.243 e. The van der Waals surface area contributed by atoms with Crippen LogP contribution in [0.2, 0.25) is 0 Å². The van der Waals surface area contributed by atoms with Crippen LogP contribution in [0.25, 0.3) is 0 Å². The molecule has 6 heteroatoms. The third-order valence-electron chi connectivity index (χ3n) is 2.37. The number of carbonyl (C=O) groups excluding carboxylic acids is 2. The standard InChI is InChI=1S/C12H17N3O3/c1-2-8-3-4-10(16)9(5-8)15-12(18)7-14-11(17)6-13/h3-5,16H,2,6-7,13H2,1H3,(H,14,17)(H,15,18). The number of phenolic OH excluding ortho intramolecular Hbond substituents is 1. The summed E-state index contributed by atoms with van der Waals surface area (Å²) in [7, 11) is 0. The van der Waals surface area contributed by atoms with Gasteiger partial charge in [-0.15, -0.1) is 0 Å². The number of carbonyl (C=O) groups is 2. The normalized spacial score (nSPS) is 9.89. The smallest absolute Gasteiger partial charge is 0.243 e. The average molecular weight is 251 g/mol. The predicted octanol–water partition coefficient (Wildman–Crippen LogP) is -0.0320. The fourth-order valence-electron chi connectivity index (χ4n) is 1.35. The fourth-order valence-corrected chi connectivity index (χ4v) is 1.35. The lowest BCUT2D eigenvalue weighted by Crippen LogP contribution is -2.36. The number of nitrogens with one attached hydrogen (secondary N) is 2. The first kappa shape index (κ1) is 14.0. The summed E-state index contributed by atoms with van der Waals surface area (Å²) in [5.41, 5.74) is 6.42. The van der Waals surface area contributed by atoms with Crippen LogP contribution in [-0.4, -0.2) is 30.0 Å². The van der Waals surface area contributed by atoms with Gasteiger partial charge < -0.3 is 21.5 Å². The van der Waals surface area contributed by atoms with Crippen molar-refractivity contribution in [2.24, 2.45) is 5.73 Å². The van der Waals surface area contributed by atoms with E-state index in [1.165, 1.54) is 6.07 Å². The van der Waals surface area contributed by atoms with Crippen molar-refractivity contribution in [3.63, 3.8) is 0 Å². The molecule has 18 heavy (non-hydrogen) atoms. The van der Waals surface area contributed by atoms with Crippen molar-refractivity contribution in [3.8, 4) is 5.75 Å². The van der Waals surface area contributed by atoms with Gasteiger partial charge in [0.1, 0.15) is 5.75 Å². The molecule has 0 aromatic heterocycles. The zero-order valence-corrected chi connectivity index (χ0v) is 10.2. The monoisotopic (exact) mass is 251 g/mol. The Bertz CT molecular complexity index is 446. The van der Waals surface area contributed by atoms with E-state index in [4.69, 9.17) is 5.73 Å². The van der Waals surface area contributed by atoms with Gasteiger partial charge in [0.15, 0.2) is 0 Å². The second-order valence-electron chi connectivity index (χ2n) is 3.73. The van der Waals surface area contributed by atoms with Crippen LogP contribution >= 0.6 is 0 Å². The van der Waals surface area contributed by atoms with Crippen molar-refractivity contribution in [2.75, 3.05) is 18.4 Å². The molecule has 0 aliphatic heterocycles. The van der Waals surface area contributed by atoms with Gasteiger partial charge in [-0.2, -0.15) is 0 Å². The zero-order chi connectivity index (χ0) is 13.5.